The van der Waals surface area contributed by atoms with Crippen LogP contribution in [0.25, 0.3) is 10.9 Å². The van der Waals surface area contributed by atoms with Gasteiger partial charge in [-0.05, 0) is 19.9 Å². The third-order valence-corrected chi connectivity index (χ3v) is 5.85. The van der Waals surface area contributed by atoms with Crippen LogP contribution in [0.2, 0.25) is 0 Å². The van der Waals surface area contributed by atoms with Crippen molar-refractivity contribution in [2.24, 2.45) is 7.05 Å². The number of hydrogen-bond acceptors (Lipinski definition) is 6. The predicted molar refractivity (Wildman–Crippen MR) is 106 cm³/mol. The number of Topliss-reactive ketones (excluding diaryl/α,β-unsaturated/α-hetero) is 1. The van der Waals surface area contributed by atoms with Crippen molar-refractivity contribution in [1.82, 2.24) is 19.3 Å². The van der Waals surface area contributed by atoms with Crippen molar-refractivity contribution in [1.29, 1.82) is 0 Å². The molecular formula is C19H22N4O5S. The Kier molecular flexibility index (Phi) is 5.85. The molecule has 154 valence electrons. The van der Waals surface area contributed by atoms with Gasteiger partial charge in [0.1, 0.15) is 5.82 Å². The maximum atomic E-state index is 12.6. The van der Waals surface area contributed by atoms with Crippen LogP contribution < -0.4 is 4.72 Å². The van der Waals surface area contributed by atoms with Gasteiger partial charge in [-0.2, -0.15) is 0 Å². The third-order valence-electron chi connectivity index (χ3n) is 4.52. The molecule has 2 heterocycles. The summed E-state index contributed by atoms with van der Waals surface area (Å²) < 4.78 is 33.4. The molecule has 0 saturated heterocycles. The number of nitrogens with one attached hydrogen (secondary N) is 2. The molecule has 1 atom stereocenters. The summed E-state index contributed by atoms with van der Waals surface area (Å²) in [6.45, 7) is 3.01. The Morgan fingerprint density at radius 3 is 2.72 bits per heavy atom. The van der Waals surface area contributed by atoms with E-state index in [1.54, 1.807) is 24.7 Å². The van der Waals surface area contributed by atoms with Crippen molar-refractivity contribution in [2.45, 2.75) is 31.4 Å². The van der Waals surface area contributed by atoms with Crippen LogP contribution in [0.1, 0.15) is 29.5 Å². The molecule has 0 fully saturated rings. The number of fused-ring (bicyclic) bond motifs is 1. The van der Waals surface area contributed by atoms with Crippen LogP contribution in [-0.4, -0.2) is 47.4 Å². The molecule has 2 aromatic heterocycles. The number of aryl methyl sites for hydroxylation is 2. The van der Waals surface area contributed by atoms with Crippen LogP contribution in [0, 0.1) is 6.92 Å². The number of aromatic nitrogens is 3. The molecule has 0 radical (unpaired) electrons. The summed E-state index contributed by atoms with van der Waals surface area (Å²) >= 11 is 0. The minimum Gasteiger partial charge on any atom is -0.454 e. The van der Waals surface area contributed by atoms with Crippen LogP contribution in [0.5, 0.6) is 0 Å². The molecule has 0 aliphatic rings. The summed E-state index contributed by atoms with van der Waals surface area (Å²) in [5.41, 5.74) is 1.25. The number of sulfonamides is 1. The standard InChI is InChI=1S/C19H22N4O5S/c1-12(19(25)15-10-20-16-7-5-4-6-14(15)16)28-18(24)8-9-21-29(26,27)17-11-23(3)13(2)22-17/h4-7,10-12,20-21H,8-9H2,1-3H3. The number of nitrogens with zero attached hydrogens (tertiary/aromatic N) is 2. The number of H-pyrrole nitrogens is 1. The van der Waals surface area contributed by atoms with Gasteiger partial charge < -0.3 is 14.3 Å². The molecular weight excluding hydrogens is 396 g/mol. The van der Waals surface area contributed by atoms with E-state index in [0.717, 1.165) is 10.9 Å². The number of ketones is 1. The van der Waals surface area contributed by atoms with E-state index in [1.165, 1.54) is 13.1 Å². The lowest BCUT2D eigenvalue weighted by Crippen LogP contribution is -2.29. The van der Waals surface area contributed by atoms with Gasteiger partial charge >= 0.3 is 5.97 Å². The van der Waals surface area contributed by atoms with Gasteiger partial charge in [0, 0.05) is 42.5 Å². The number of aromatic amines is 1. The molecule has 0 amide bonds. The van der Waals surface area contributed by atoms with Gasteiger partial charge in [0.15, 0.2) is 11.1 Å². The number of hydrogen-bond donors (Lipinski definition) is 2. The van der Waals surface area contributed by atoms with Crippen molar-refractivity contribution in [3.05, 3.63) is 48.0 Å². The highest BCUT2D eigenvalue weighted by Gasteiger charge is 2.23. The number of carbonyl (C=O) groups excluding carboxylic acids is 2. The molecule has 10 heteroatoms. The summed E-state index contributed by atoms with van der Waals surface area (Å²) in [7, 11) is -2.14. The van der Waals surface area contributed by atoms with Crippen LogP contribution in [-0.2, 0) is 26.6 Å². The maximum Gasteiger partial charge on any atom is 0.307 e. The molecule has 2 N–H and O–H groups in total. The second-order valence-corrected chi connectivity index (χ2v) is 8.34. The van der Waals surface area contributed by atoms with Crippen molar-refractivity contribution in [3.8, 4) is 0 Å². The topological polar surface area (TPSA) is 123 Å². The summed E-state index contributed by atoms with van der Waals surface area (Å²) in [6, 6.07) is 7.32. The first-order valence-corrected chi connectivity index (χ1v) is 10.5. The number of ether oxygens (including phenoxy) is 1. The summed E-state index contributed by atoms with van der Waals surface area (Å²) in [5.74, 6) is -0.458. The van der Waals surface area contributed by atoms with Gasteiger partial charge in [0.2, 0.25) is 5.78 Å². The summed E-state index contributed by atoms with van der Waals surface area (Å²) in [4.78, 5) is 31.6. The van der Waals surface area contributed by atoms with Crippen LogP contribution in [0.3, 0.4) is 0 Å². The van der Waals surface area contributed by atoms with E-state index in [1.807, 2.05) is 24.3 Å². The zero-order chi connectivity index (χ0) is 21.2. The zero-order valence-corrected chi connectivity index (χ0v) is 17.1. The van der Waals surface area contributed by atoms with E-state index in [4.69, 9.17) is 4.74 Å². The molecule has 1 aromatic carbocycles. The minimum atomic E-state index is -3.82. The average Bonchev–Trinajstić information content (AvgIpc) is 3.25. The van der Waals surface area contributed by atoms with Crippen LogP contribution >= 0.6 is 0 Å². The lowest BCUT2D eigenvalue weighted by atomic mass is 10.1. The van der Waals surface area contributed by atoms with Gasteiger partial charge in [-0.15, -0.1) is 0 Å². The molecule has 9 nitrogen and oxygen atoms in total. The van der Waals surface area contributed by atoms with E-state index in [2.05, 4.69) is 14.7 Å². The summed E-state index contributed by atoms with van der Waals surface area (Å²) in [6.07, 6.45) is 1.77. The molecule has 0 spiro atoms. The number of carbonyl (C=O) groups is 2. The summed E-state index contributed by atoms with van der Waals surface area (Å²) in [5, 5.41) is 0.632. The van der Waals surface area contributed by atoms with E-state index in [9.17, 15) is 18.0 Å². The van der Waals surface area contributed by atoms with Crippen molar-refractivity contribution in [3.63, 3.8) is 0 Å². The lowest BCUT2D eigenvalue weighted by molar-refractivity contribution is -0.146. The fourth-order valence-corrected chi connectivity index (χ4v) is 3.89. The maximum absolute atomic E-state index is 12.6. The number of benzene rings is 1. The number of para-hydroxylation sites is 1. The van der Waals surface area contributed by atoms with Gasteiger partial charge in [-0.25, -0.2) is 18.1 Å². The Hall–Kier alpha value is -2.98. The van der Waals surface area contributed by atoms with Gasteiger partial charge in [-0.3, -0.25) is 9.59 Å². The van der Waals surface area contributed by atoms with Gasteiger partial charge in [0.05, 0.1) is 6.42 Å². The van der Waals surface area contributed by atoms with Crippen LogP contribution in [0.4, 0.5) is 0 Å². The van der Waals surface area contributed by atoms with Crippen molar-refractivity contribution in [2.75, 3.05) is 6.54 Å². The molecule has 0 saturated carbocycles. The predicted octanol–water partition coefficient (Wildman–Crippen LogP) is 1.69. The van der Waals surface area contributed by atoms with Gasteiger partial charge in [0.25, 0.3) is 10.0 Å². The second kappa shape index (κ2) is 8.18. The van der Waals surface area contributed by atoms with Crippen molar-refractivity contribution >= 4 is 32.7 Å². The van der Waals surface area contributed by atoms with Crippen molar-refractivity contribution < 1.29 is 22.7 Å². The van der Waals surface area contributed by atoms with Gasteiger partial charge in [-0.1, -0.05) is 18.2 Å². The van der Waals surface area contributed by atoms with E-state index in [0.29, 0.717) is 11.4 Å². The molecule has 29 heavy (non-hydrogen) atoms. The Morgan fingerprint density at radius 2 is 2.03 bits per heavy atom. The normalized spacial score (nSPS) is 12.8. The molecule has 0 bridgehead atoms. The Bertz CT molecular complexity index is 1140. The van der Waals surface area contributed by atoms with E-state index < -0.39 is 22.1 Å². The Labute approximate surface area is 168 Å². The van der Waals surface area contributed by atoms with E-state index >= 15 is 0 Å². The first-order valence-electron chi connectivity index (χ1n) is 8.98. The van der Waals surface area contributed by atoms with E-state index in [-0.39, 0.29) is 23.8 Å². The quantitative estimate of drug-likeness (QED) is 0.424. The largest absolute Gasteiger partial charge is 0.454 e. The monoisotopic (exact) mass is 418 g/mol. The fraction of sp³-hybridized carbons (Fsp3) is 0.316. The molecule has 0 aliphatic carbocycles. The molecule has 3 aromatic rings. The highest BCUT2D eigenvalue weighted by atomic mass is 32.2. The first-order chi connectivity index (χ1) is 13.7. The molecule has 1 unspecified atom stereocenters. The minimum absolute atomic E-state index is 0.117. The molecule has 0 aliphatic heterocycles. The number of imidazole rings is 1. The molecule has 3 rings (SSSR count). The highest BCUT2D eigenvalue weighted by molar-refractivity contribution is 7.89. The Morgan fingerprint density at radius 1 is 1.31 bits per heavy atom. The number of esters is 1. The zero-order valence-electron chi connectivity index (χ0n) is 16.3. The smallest absolute Gasteiger partial charge is 0.307 e. The Balaban J connectivity index is 1.54. The fourth-order valence-electron chi connectivity index (χ4n) is 2.82. The average molecular weight is 418 g/mol. The third kappa shape index (κ3) is 4.54. The first kappa shape index (κ1) is 20.7. The second-order valence-electron chi connectivity index (χ2n) is 6.63. The SMILES string of the molecule is Cc1nc(S(=O)(=O)NCCC(=O)OC(C)C(=O)c2c[nH]c3ccccc23)cn1C. The highest BCUT2D eigenvalue weighted by Crippen LogP contribution is 2.20. The lowest BCUT2D eigenvalue weighted by Gasteiger charge is -2.12. The number of rotatable bonds is 8. The van der Waals surface area contributed by atoms with Crippen LogP contribution in [0.15, 0.2) is 41.7 Å².